The molecule has 52 heavy (non-hydrogen) atoms. The first kappa shape index (κ1) is 40.6. The van der Waals surface area contributed by atoms with Crippen LogP contribution in [0.3, 0.4) is 0 Å². The number of alkyl carbamates (subject to hydrolysis) is 1. The first-order chi connectivity index (χ1) is 24.7. The third-order valence-corrected chi connectivity index (χ3v) is 11.0. The molecule has 282 valence electrons. The topological polar surface area (TPSA) is 152 Å². The van der Waals surface area contributed by atoms with Crippen molar-refractivity contribution in [2.45, 2.75) is 111 Å². The van der Waals surface area contributed by atoms with E-state index >= 15 is 0 Å². The van der Waals surface area contributed by atoms with Crippen LogP contribution < -0.4 is 5.32 Å². The Bertz CT molecular complexity index is 1680. The SMILES string of the molecule is C=CC[C@H]1C(=O)C(C)(C)[C@@H](O)CC(=O)O[C@H](c2ccc3sc(C)nc3c2)C/C=C(/C)CCC[C@H](C)[C@@H]1OC(=O)NCCCCCN1C(=O)C=CC1=O. The summed E-state index contributed by atoms with van der Waals surface area (Å²) in [4.78, 5) is 70.1. The highest BCUT2D eigenvalue weighted by Crippen LogP contribution is 2.36. The number of rotatable bonds is 10. The first-order valence-corrected chi connectivity index (χ1v) is 19.1. The zero-order valence-electron chi connectivity index (χ0n) is 31.0. The van der Waals surface area contributed by atoms with E-state index in [0.717, 1.165) is 39.2 Å². The summed E-state index contributed by atoms with van der Waals surface area (Å²) in [5.41, 5.74) is 1.40. The van der Waals surface area contributed by atoms with Crippen LogP contribution in [-0.4, -0.2) is 69.9 Å². The van der Waals surface area contributed by atoms with Gasteiger partial charge in [-0.1, -0.05) is 44.6 Å². The van der Waals surface area contributed by atoms with E-state index in [1.807, 2.05) is 39.0 Å². The van der Waals surface area contributed by atoms with Gasteiger partial charge >= 0.3 is 12.1 Å². The fraction of sp³-hybridized carbons (Fsp3) is 0.550. The summed E-state index contributed by atoms with van der Waals surface area (Å²) in [7, 11) is 0. The Morgan fingerprint density at radius 2 is 1.88 bits per heavy atom. The van der Waals surface area contributed by atoms with Crippen molar-refractivity contribution in [2.75, 3.05) is 13.1 Å². The number of aromatic nitrogens is 1. The Kier molecular flexibility index (Phi) is 14.5. The molecule has 4 rings (SSSR count). The van der Waals surface area contributed by atoms with Gasteiger partial charge in [0.1, 0.15) is 18.0 Å². The van der Waals surface area contributed by atoms with Crippen LogP contribution in [0, 0.1) is 24.2 Å². The highest BCUT2D eigenvalue weighted by Gasteiger charge is 2.45. The molecular formula is C40H53N3O8S. The second-order valence-electron chi connectivity index (χ2n) is 14.5. The molecule has 2 aliphatic heterocycles. The molecule has 2 aliphatic rings. The monoisotopic (exact) mass is 735 g/mol. The number of allylic oxidation sites excluding steroid dienone is 2. The van der Waals surface area contributed by atoms with Crippen molar-refractivity contribution < 1.29 is 38.6 Å². The number of hydrogen-bond acceptors (Lipinski definition) is 10. The molecule has 1 aromatic heterocycles. The van der Waals surface area contributed by atoms with Crippen molar-refractivity contribution in [2.24, 2.45) is 17.3 Å². The standard InChI is InChI=1S/C40H53N3O8S/c1-7-12-29-37(51-39(49)41-21-9-8-10-22-43-34(45)19-20-35(43)46)26(3)14-11-13-25(2)15-17-31(28-16-18-32-30(23-28)42-27(4)52-32)50-36(47)24-33(44)40(5,6)38(29)48/h7,15-16,18-20,23,26,29,31,33,37,44H,1,8-14,17,21-22,24H2,2-6H3,(H,41,49)/b25-15-/t26-,29+,31-,33-,37-/m0/s1. The van der Waals surface area contributed by atoms with Crippen molar-refractivity contribution >= 4 is 51.2 Å². The number of thiazole rings is 1. The second-order valence-corrected chi connectivity index (χ2v) is 15.8. The van der Waals surface area contributed by atoms with Crippen LogP contribution in [-0.2, 0) is 28.7 Å². The number of aliphatic hydroxyl groups excluding tert-OH is 1. The van der Waals surface area contributed by atoms with Gasteiger partial charge in [-0.2, -0.15) is 0 Å². The number of carbonyl (C=O) groups excluding carboxylic acids is 5. The number of imide groups is 1. The Labute approximate surface area is 310 Å². The minimum atomic E-state index is -1.38. The summed E-state index contributed by atoms with van der Waals surface area (Å²) in [6.45, 7) is 13.7. The Balaban J connectivity index is 1.47. The van der Waals surface area contributed by atoms with Gasteiger partial charge < -0.3 is 19.9 Å². The minimum absolute atomic E-state index is 0.205. The smallest absolute Gasteiger partial charge is 0.407 e. The fourth-order valence-electron chi connectivity index (χ4n) is 6.80. The molecule has 3 heterocycles. The maximum absolute atomic E-state index is 14.3. The number of fused-ring (bicyclic) bond motifs is 1. The largest absolute Gasteiger partial charge is 0.457 e. The van der Waals surface area contributed by atoms with E-state index in [4.69, 9.17) is 9.47 Å². The van der Waals surface area contributed by atoms with E-state index < -0.39 is 48.1 Å². The quantitative estimate of drug-likeness (QED) is 0.113. The van der Waals surface area contributed by atoms with Gasteiger partial charge in [0.25, 0.3) is 11.8 Å². The number of aliphatic hydroxyl groups is 1. The number of amides is 3. The highest BCUT2D eigenvalue weighted by molar-refractivity contribution is 7.18. The van der Waals surface area contributed by atoms with Crippen molar-refractivity contribution in [3.8, 4) is 0 Å². The average molecular weight is 736 g/mol. The van der Waals surface area contributed by atoms with Gasteiger partial charge in [0.15, 0.2) is 0 Å². The predicted octanol–water partition coefficient (Wildman–Crippen LogP) is 7.07. The van der Waals surface area contributed by atoms with Gasteiger partial charge in [-0.3, -0.25) is 24.1 Å². The summed E-state index contributed by atoms with van der Waals surface area (Å²) in [5.74, 6) is -2.60. The maximum atomic E-state index is 14.3. The number of esters is 1. The molecule has 0 bridgehead atoms. The lowest BCUT2D eigenvalue weighted by Gasteiger charge is -2.37. The number of cyclic esters (lactones) is 1. The van der Waals surface area contributed by atoms with Crippen LogP contribution in [0.25, 0.3) is 10.2 Å². The van der Waals surface area contributed by atoms with Gasteiger partial charge in [0.05, 0.1) is 39.1 Å². The lowest BCUT2D eigenvalue weighted by atomic mass is 9.71. The van der Waals surface area contributed by atoms with Gasteiger partial charge in [-0.05, 0) is 82.4 Å². The molecular weight excluding hydrogens is 683 g/mol. The van der Waals surface area contributed by atoms with E-state index in [9.17, 15) is 29.1 Å². The van der Waals surface area contributed by atoms with E-state index in [0.29, 0.717) is 45.2 Å². The normalized spacial score (nSPS) is 25.8. The zero-order valence-corrected chi connectivity index (χ0v) is 31.8. The third kappa shape index (κ3) is 10.7. The lowest BCUT2D eigenvalue weighted by Crippen LogP contribution is -2.48. The lowest BCUT2D eigenvalue weighted by molar-refractivity contribution is -0.156. The minimum Gasteiger partial charge on any atom is -0.457 e. The molecule has 2 aromatic rings. The Morgan fingerprint density at radius 1 is 1.15 bits per heavy atom. The summed E-state index contributed by atoms with van der Waals surface area (Å²) in [5, 5.41) is 15.1. The molecule has 0 fully saturated rings. The van der Waals surface area contributed by atoms with Crippen LogP contribution in [0.4, 0.5) is 4.79 Å². The second kappa shape index (κ2) is 18.6. The van der Waals surface area contributed by atoms with Gasteiger partial charge in [-0.15, -0.1) is 17.9 Å². The molecule has 0 aliphatic carbocycles. The fourth-order valence-corrected chi connectivity index (χ4v) is 7.60. The first-order valence-electron chi connectivity index (χ1n) is 18.2. The van der Waals surface area contributed by atoms with E-state index in [1.54, 1.807) is 31.3 Å². The highest BCUT2D eigenvalue weighted by atomic mass is 32.1. The van der Waals surface area contributed by atoms with Gasteiger partial charge in [0.2, 0.25) is 0 Å². The number of Topliss-reactive ketones (excluding diaryl/α,β-unsaturated/α-hetero) is 1. The summed E-state index contributed by atoms with van der Waals surface area (Å²) in [6.07, 6.45) is 7.16. The average Bonchev–Trinajstić information content (AvgIpc) is 3.63. The van der Waals surface area contributed by atoms with Crippen molar-refractivity contribution in [3.05, 3.63) is 65.2 Å². The van der Waals surface area contributed by atoms with Crippen LogP contribution in [0.15, 0.2) is 54.7 Å². The Morgan fingerprint density at radius 3 is 2.60 bits per heavy atom. The number of nitrogens with zero attached hydrogens (tertiary/aromatic N) is 2. The molecule has 5 atom stereocenters. The van der Waals surface area contributed by atoms with Crippen molar-refractivity contribution in [1.29, 1.82) is 0 Å². The molecule has 0 saturated heterocycles. The van der Waals surface area contributed by atoms with Crippen LogP contribution >= 0.6 is 11.3 Å². The molecule has 0 saturated carbocycles. The van der Waals surface area contributed by atoms with E-state index in [2.05, 4.69) is 23.0 Å². The third-order valence-electron chi connectivity index (χ3n) is 10.1. The van der Waals surface area contributed by atoms with Crippen LogP contribution in [0.2, 0.25) is 0 Å². The number of aryl methyl sites for hydroxylation is 1. The molecule has 2 N–H and O–H groups in total. The predicted molar refractivity (Wildman–Crippen MR) is 200 cm³/mol. The molecule has 0 radical (unpaired) electrons. The summed E-state index contributed by atoms with van der Waals surface area (Å²) in [6, 6.07) is 5.87. The number of hydrogen-bond donors (Lipinski definition) is 2. The number of benzene rings is 1. The Hall–Kier alpha value is -4.16. The number of ether oxygens (including phenoxy) is 2. The van der Waals surface area contributed by atoms with Gasteiger partial charge in [0, 0.05) is 31.7 Å². The molecule has 1 aromatic carbocycles. The number of nitrogens with one attached hydrogen (secondary N) is 1. The van der Waals surface area contributed by atoms with Gasteiger partial charge in [-0.25, -0.2) is 9.78 Å². The van der Waals surface area contributed by atoms with E-state index in [1.165, 1.54) is 17.1 Å². The van der Waals surface area contributed by atoms with Crippen LogP contribution in [0.1, 0.15) is 102 Å². The summed E-state index contributed by atoms with van der Waals surface area (Å²) >= 11 is 1.60. The molecule has 3 amide bonds. The molecule has 0 spiro atoms. The summed E-state index contributed by atoms with van der Waals surface area (Å²) < 4.78 is 13.1. The molecule has 11 nitrogen and oxygen atoms in total. The number of carbonyl (C=O) groups is 5. The molecule has 12 heteroatoms. The number of unbranched alkanes of at least 4 members (excludes halogenated alkanes) is 2. The van der Waals surface area contributed by atoms with Crippen molar-refractivity contribution in [3.63, 3.8) is 0 Å². The van der Waals surface area contributed by atoms with E-state index in [-0.39, 0.29) is 29.9 Å². The van der Waals surface area contributed by atoms with Crippen molar-refractivity contribution in [1.82, 2.24) is 15.2 Å². The maximum Gasteiger partial charge on any atom is 0.407 e. The zero-order chi connectivity index (χ0) is 38.0. The number of ketones is 1. The van der Waals surface area contributed by atoms with Crippen LogP contribution in [0.5, 0.6) is 0 Å². The molecule has 0 unspecified atom stereocenters.